The third-order valence-corrected chi connectivity index (χ3v) is 0.662. The Morgan fingerprint density at radius 3 is 2.71 bits per heavy atom. The van der Waals surface area contributed by atoms with E-state index in [1.165, 1.54) is 6.21 Å². The van der Waals surface area contributed by atoms with Crippen LogP contribution in [-0.2, 0) is 0 Å². The van der Waals surface area contributed by atoms with Crippen LogP contribution in [0, 0.1) is 5.41 Å². The third kappa shape index (κ3) is 0.845. The average Bonchev–Trinajstić information content (AvgIpc) is 1.69. The van der Waals surface area contributed by atoms with E-state index >= 15 is 0 Å². The molecule has 1 rings (SSSR count). The van der Waals surface area contributed by atoms with Crippen LogP contribution in [0.2, 0.25) is 0 Å². The number of nitrogens with one attached hydrogen (secondary N) is 1. The molecule has 2 nitrogen and oxygen atoms in total. The molecular formula is C5H5N2+. The summed E-state index contributed by atoms with van der Waals surface area (Å²) in [7, 11) is 0. The van der Waals surface area contributed by atoms with Gasteiger partial charge in [-0.25, -0.2) is 0 Å². The fourth-order valence-corrected chi connectivity index (χ4v) is 0.363. The summed E-state index contributed by atoms with van der Waals surface area (Å²) in [5.74, 6) is 0. The van der Waals surface area contributed by atoms with E-state index in [1.807, 2.05) is 0 Å². The first-order chi connectivity index (χ1) is 3.39. The van der Waals surface area contributed by atoms with Crippen LogP contribution in [0.25, 0.3) is 0 Å². The summed E-state index contributed by atoms with van der Waals surface area (Å²) < 4.78 is 3.70. The number of hydrogen-bond acceptors (Lipinski definition) is 1. The number of nitrogens with zero attached hydrogens (tertiary/aromatic N) is 1. The van der Waals surface area contributed by atoms with Gasteiger partial charge in [-0.15, -0.1) is 0 Å². The molecule has 0 atom stereocenters. The highest BCUT2D eigenvalue weighted by Crippen LogP contribution is 1.70. The van der Waals surface area contributed by atoms with E-state index in [9.17, 15) is 0 Å². The quantitative estimate of drug-likeness (QED) is 0.402. The van der Waals surface area contributed by atoms with Crippen LogP contribution in [0.3, 0.4) is 0 Å². The molecule has 0 aromatic rings. The van der Waals surface area contributed by atoms with E-state index in [0.29, 0.717) is 5.71 Å². The van der Waals surface area contributed by atoms with E-state index in [0.717, 1.165) is 0 Å². The fourth-order valence-electron chi connectivity index (χ4n) is 0.363. The summed E-state index contributed by atoms with van der Waals surface area (Å²) in [6.45, 7) is 0. The van der Waals surface area contributed by atoms with Gasteiger partial charge in [-0.2, -0.15) is 0 Å². The maximum absolute atomic E-state index is 6.93. The zero-order valence-corrected chi connectivity index (χ0v) is 3.76. The van der Waals surface area contributed by atoms with Gasteiger partial charge in [0.15, 0.2) is 0 Å². The molecule has 0 aliphatic carbocycles. The van der Waals surface area contributed by atoms with Gasteiger partial charge >= 0.3 is 6.21 Å². The lowest BCUT2D eigenvalue weighted by Crippen LogP contribution is -1.99. The maximum Gasteiger partial charge on any atom is 0.317 e. The smallest absolute Gasteiger partial charge is 0.294 e. The van der Waals surface area contributed by atoms with Crippen molar-refractivity contribution in [1.82, 2.24) is 4.67 Å². The Morgan fingerprint density at radius 1 is 1.57 bits per heavy atom. The standard InChI is InChI=1S/C5H5N2/c6-5-2-1-3-7-4-5/h1-4,6H/q+1. The summed E-state index contributed by atoms with van der Waals surface area (Å²) in [6, 6.07) is 0. The number of hydrogen-bond donors (Lipinski definition) is 1. The average molecular weight is 93.1 g/mol. The Labute approximate surface area is 41.4 Å². The first-order valence-electron chi connectivity index (χ1n) is 2.01. The van der Waals surface area contributed by atoms with Gasteiger partial charge in [0, 0.05) is 6.08 Å². The molecule has 7 heavy (non-hydrogen) atoms. The van der Waals surface area contributed by atoms with Gasteiger partial charge in [-0.1, -0.05) is 4.67 Å². The van der Waals surface area contributed by atoms with Gasteiger partial charge < -0.3 is 0 Å². The molecule has 0 fully saturated rings. The van der Waals surface area contributed by atoms with E-state index in [-0.39, 0.29) is 0 Å². The Bertz CT molecular complexity index is 171. The van der Waals surface area contributed by atoms with Gasteiger partial charge in [0.1, 0.15) is 5.71 Å². The lowest BCUT2D eigenvalue weighted by Gasteiger charge is -1.72. The SMILES string of the molecule is N=C1C=CC=[N+]=C1. The molecule has 0 aromatic heterocycles. The van der Waals surface area contributed by atoms with Gasteiger partial charge in [0.2, 0.25) is 0 Å². The highest BCUT2D eigenvalue weighted by molar-refractivity contribution is 6.35. The normalized spacial score (nSPS) is 15.7. The number of allylic oxidation sites excluding steroid dienone is 2. The molecule has 0 amide bonds. The molecule has 1 aliphatic heterocycles. The molecular weight excluding hydrogens is 88.1 g/mol. The summed E-state index contributed by atoms with van der Waals surface area (Å²) in [4.78, 5) is 0. The van der Waals surface area contributed by atoms with Crippen molar-refractivity contribution in [2.24, 2.45) is 0 Å². The first-order valence-corrected chi connectivity index (χ1v) is 2.01. The zero-order valence-electron chi connectivity index (χ0n) is 3.76. The van der Waals surface area contributed by atoms with Gasteiger partial charge in [0.05, 0.1) is 0 Å². The summed E-state index contributed by atoms with van der Waals surface area (Å²) in [6.07, 6.45) is 6.58. The van der Waals surface area contributed by atoms with E-state index in [2.05, 4.69) is 4.67 Å². The van der Waals surface area contributed by atoms with Gasteiger partial charge in [-0.05, 0) is 6.08 Å². The lowest BCUT2D eigenvalue weighted by atomic mass is 10.3. The van der Waals surface area contributed by atoms with E-state index < -0.39 is 0 Å². The first kappa shape index (κ1) is 4.03. The van der Waals surface area contributed by atoms with Crippen molar-refractivity contribution in [3.8, 4) is 0 Å². The van der Waals surface area contributed by atoms with Gasteiger partial charge in [-0.3, -0.25) is 5.41 Å². The van der Waals surface area contributed by atoms with Crippen molar-refractivity contribution >= 4 is 18.1 Å². The van der Waals surface area contributed by atoms with Crippen LogP contribution in [0.15, 0.2) is 12.2 Å². The zero-order chi connectivity index (χ0) is 5.11. The highest BCUT2D eigenvalue weighted by Gasteiger charge is 1.92. The van der Waals surface area contributed by atoms with Crippen molar-refractivity contribution in [2.75, 3.05) is 0 Å². The van der Waals surface area contributed by atoms with Crippen molar-refractivity contribution in [3.63, 3.8) is 0 Å². The minimum absolute atomic E-state index is 0.461. The minimum atomic E-state index is 0.461. The van der Waals surface area contributed by atoms with Crippen LogP contribution >= 0.6 is 0 Å². The molecule has 0 unspecified atom stereocenters. The molecule has 34 valence electrons. The molecule has 0 bridgehead atoms. The summed E-state index contributed by atoms with van der Waals surface area (Å²) in [5, 5.41) is 6.93. The van der Waals surface area contributed by atoms with Crippen LogP contribution in [0.1, 0.15) is 0 Å². The molecule has 0 spiro atoms. The Hall–Kier alpha value is -1.14. The predicted octanol–water partition coefficient (Wildman–Crippen LogP) is -0.215. The second-order valence-corrected chi connectivity index (χ2v) is 1.24. The van der Waals surface area contributed by atoms with E-state index in [4.69, 9.17) is 5.41 Å². The van der Waals surface area contributed by atoms with E-state index in [1.54, 1.807) is 18.4 Å². The molecule has 1 N–H and O–H groups in total. The minimum Gasteiger partial charge on any atom is -0.294 e. The van der Waals surface area contributed by atoms with Crippen molar-refractivity contribution in [2.45, 2.75) is 0 Å². The number of rotatable bonds is 0. The largest absolute Gasteiger partial charge is 0.317 e. The second kappa shape index (κ2) is 1.54. The molecule has 0 saturated heterocycles. The Kier molecular flexibility index (Phi) is 0.886. The van der Waals surface area contributed by atoms with Crippen LogP contribution in [0.5, 0.6) is 0 Å². The summed E-state index contributed by atoms with van der Waals surface area (Å²) in [5.41, 5.74) is 0.461. The topological polar surface area (TPSA) is 38.0 Å². The fraction of sp³-hybridized carbons (Fsp3) is 0. The van der Waals surface area contributed by atoms with Crippen LogP contribution < -0.4 is 4.67 Å². The Morgan fingerprint density at radius 2 is 2.43 bits per heavy atom. The monoisotopic (exact) mass is 93.0 g/mol. The van der Waals surface area contributed by atoms with Crippen LogP contribution in [0.4, 0.5) is 0 Å². The van der Waals surface area contributed by atoms with Gasteiger partial charge in [0.25, 0.3) is 6.21 Å². The second-order valence-electron chi connectivity index (χ2n) is 1.24. The predicted molar refractivity (Wildman–Crippen MR) is 31.1 cm³/mol. The molecule has 0 radical (unpaired) electrons. The maximum atomic E-state index is 6.93. The lowest BCUT2D eigenvalue weighted by molar-refractivity contribution is 1.54. The highest BCUT2D eigenvalue weighted by atomic mass is 14.6. The van der Waals surface area contributed by atoms with Crippen molar-refractivity contribution in [3.05, 3.63) is 12.2 Å². The molecule has 0 saturated carbocycles. The molecule has 0 aromatic carbocycles. The molecule has 2 heteroatoms. The third-order valence-electron chi connectivity index (χ3n) is 0.662. The van der Waals surface area contributed by atoms with Crippen molar-refractivity contribution in [1.29, 1.82) is 5.41 Å². The van der Waals surface area contributed by atoms with Crippen molar-refractivity contribution < 1.29 is 0 Å². The van der Waals surface area contributed by atoms with Crippen LogP contribution in [-0.4, -0.2) is 18.1 Å². The summed E-state index contributed by atoms with van der Waals surface area (Å²) >= 11 is 0. The Balaban J connectivity index is 2.98. The molecule has 1 heterocycles. The molecule has 1 aliphatic rings.